The summed E-state index contributed by atoms with van der Waals surface area (Å²) in [7, 11) is 0. The maximum atomic E-state index is 12.3. The van der Waals surface area contributed by atoms with E-state index in [9.17, 15) is 13.2 Å². The molecule has 0 aliphatic rings. The van der Waals surface area contributed by atoms with E-state index in [2.05, 4.69) is 10.1 Å². The Morgan fingerprint density at radius 3 is 2.71 bits per heavy atom. The molecule has 0 aromatic carbocycles. The summed E-state index contributed by atoms with van der Waals surface area (Å²) < 4.78 is 38.1. The van der Waals surface area contributed by atoms with E-state index >= 15 is 0 Å². The molecule has 0 spiro atoms. The molecular formula is C7H3ClF3N3. The second kappa shape index (κ2) is 2.84. The lowest BCUT2D eigenvalue weighted by atomic mass is 10.3. The van der Waals surface area contributed by atoms with Crippen molar-refractivity contribution in [3.05, 3.63) is 29.3 Å². The van der Waals surface area contributed by atoms with E-state index in [-0.39, 0.29) is 10.8 Å². The summed E-state index contributed by atoms with van der Waals surface area (Å²) in [5.41, 5.74) is -0.879. The van der Waals surface area contributed by atoms with Crippen molar-refractivity contribution in [2.45, 2.75) is 6.18 Å². The quantitative estimate of drug-likeness (QED) is 0.684. The molecule has 0 atom stereocenters. The van der Waals surface area contributed by atoms with Gasteiger partial charge in [-0.1, -0.05) is 0 Å². The molecule has 7 heteroatoms. The summed E-state index contributed by atoms with van der Waals surface area (Å²) in [5, 5.41) is 3.49. The van der Waals surface area contributed by atoms with Crippen molar-refractivity contribution < 1.29 is 13.2 Å². The van der Waals surface area contributed by atoms with E-state index in [4.69, 9.17) is 11.6 Å². The highest BCUT2D eigenvalue weighted by atomic mass is 35.5. The zero-order valence-electron chi connectivity index (χ0n) is 6.59. The summed E-state index contributed by atoms with van der Waals surface area (Å²) in [4.78, 5) is 3.49. The molecule has 3 nitrogen and oxygen atoms in total. The Kier molecular flexibility index (Phi) is 1.88. The Hall–Kier alpha value is -1.30. The average molecular weight is 222 g/mol. The molecule has 74 valence electrons. The number of nitrogens with zero attached hydrogens (tertiary/aromatic N) is 3. The van der Waals surface area contributed by atoms with Gasteiger partial charge in [0, 0.05) is 6.20 Å². The summed E-state index contributed by atoms with van der Waals surface area (Å²) >= 11 is 5.42. The fraction of sp³-hybridized carbons (Fsp3) is 0.143. The van der Waals surface area contributed by atoms with Crippen LogP contribution in [-0.4, -0.2) is 14.6 Å². The predicted octanol–water partition coefficient (Wildman–Crippen LogP) is 2.40. The van der Waals surface area contributed by atoms with E-state index in [0.717, 1.165) is 16.8 Å². The third-order valence-corrected chi connectivity index (χ3v) is 1.87. The number of rotatable bonds is 0. The molecule has 2 aromatic heterocycles. The van der Waals surface area contributed by atoms with Crippen molar-refractivity contribution in [2.24, 2.45) is 0 Å². The average Bonchev–Trinajstić information content (AvgIpc) is 2.45. The normalized spacial score (nSPS) is 12.3. The lowest BCUT2D eigenvalue weighted by Gasteiger charge is -2.03. The predicted molar refractivity (Wildman–Crippen MR) is 43.0 cm³/mol. The van der Waals surface area contributed by atoms with Gasteiger partial charge in [0.05, 0.1) is 17.3 Å². The van der Waals surface area contributed by atoms with Crippen LogP contribution in [0.4, 0.5) is 13.2 Å². The lowest BCUT2D eigenvalue weighted by molar-refractivity contribution is -0.136. The van der Waals surface area contributed by atoms with E-state index < -0.39 is 11.7 Å². The maximum Gasteiger partial charge on any atom is 0.418 e. The van der Waals surface area contributed by atoms with Crippen LogP contribution < -0.4 is 0 Å². The Morgan fingerprint density at radius 2 is 2.07 bits per heavy atom. The highest BCUT2D eigenvalue weighted by molar-refractivity contribution is 6.28. The van der Waals surface area contributed by atoms with Crippen LogP contribution in [0.2, 0.25) is 5.28 Å². The molecule has 0 aliphatic carbocycles. The standard InChI is InChI=1S/C7H3ClF3N3/c8-6-12-3-5-4(7(9,10)11)1-2-14(5)13-6/h1-3H. The number of aromatic nitrogens is 3. The van der Waals surface area contributed by atoms with Crippen LogP contribution in [0.15, 0.2) is 18.5 Å². The van der Waals surface area contributed by atoms with Gasteiger partial charge in [0.2, 0.25) is 5.28 Å². The van der Waals surface area contributed by atoms with Gasteiger partial charge in [0.15, 0.2) is 0 Å². The van der Waals surface area contributed by atoms with Crippen LogP contribution in [0.3, 0.4) is 0 Å². The summed E-state index contributed by atoms with van der Waals surface area (Å²) in [6.45, 7) is 0. The van der Waals surface area contributed by atoms with Crippen LogP contribution in [-0.2, 0) is 6.18 Å². The molecule has 0 N–H and O–H groups in total. The molecule has 2 rings (SSSR count). The second-order valence-corrected chi connectivity index (χ2v) is 2.92. The van der Waals surface area contributed by atoms with Gasteiger partial charge in [0.25, 0.3) is 0 Å². The van der Waals surface area contributed by atoms with Crippen molar-refractivity contribution in [3.8, 4) is 0 Å². The van der Waals surface area contributed by atoms with Gasteiger partial charge < -0.3 is 0 Å². The molecule has 0 bridgehead atoms. The maximum absolute atomic E-state index is 12.3. The van der Waals surface area contributed by atoms with Crippen molar-refractivity contribution in [3.63, 3.8) is 0 Å². The van der Waals surface area contributed by atoms with Crippen molar-refractivity contribution >= 4 is 17.1 Å². The van der Waals surface area contributed by atoms with E-state index in [1.165, 1.54) is 6.20 Å². The van der Waals surface area contributed by atoms with Gasteiger partial charge in [-0.15, -0.1) is 5.10 Å². The molecule has 14 heavy (non-hydrogen) atoms. The molecule has 0 fully saturated rings. The molecular weight excluding hydrogens is 219 g/mol. The second-order valence-electron chi connectivity index (χ2n) is 2.58. The summed E-state index contributed by atoms with van der Waals surface area (Å²) in [6.07, 6.45) is -2.17. The largest absolute Gasteiger partial charge is 0.418 e. The molecule has 0 saturated carbocycles. The molecule has 0 amide bonds. The van der Waals surface area contributed by atoms with Crippen molar-refractivity contribution in [1.29, 1.82) is 0 Å². The fourth-order valence-electron chi connectivity index (χ4n) is 1.12. The minimum Gasteiger partial charge on any atom is -0.236 e. The minimum absolute atomic E-state index is 0.0955. The molecule has 2 heterocycles. The zero-order valence-corrected chi connectivity index (χ0v) is 7.34. The lowest BCUT2D eigenvalue weighted by Crippen LogP contribution is -2.05. The first-order valence-corrected chi connectivity index (χ1v) is 3.93. The highest BCUT2D eigenvalue weighted by Gasteiger charge is 2.33. The van der Waals surface area contributed by atoms with Gasteiger partial charge in [0.1, 0.15) is 0 Å². The van der Waals surface area contributed by atoms with Crippen molar-refractivity contribution in [2.75, 3.05) is 0 Å². The molecule has 0 radical (unpaired) electrons. The van der Waals surface area contributed by atoms with Gasteiger partial charge in [-0.3, -0.25) is 0 Å². The van der Waals surface area contributed by atoms with E-state index in [1.54, 1.807) is 0 Å². The third kappa shape index (κ3) is 1.41. The highest BCUT2D eigenvalue weighted by Crippen LogP contribution is 2.32. The number of hydrogen-bond acceptors (Lipinski definition) is 2. The van der Waals surface area contributed by atoms with E-state index in [0.29, 0.717) is 0 Å². The Morgan fingerprint density at radius 1 is 1.36 bits per heavy atom. The first-order chi connectivity index (χ1) is 6.48. The number of fused-ring (bicyclic) bond motifs is 1. The SMILES string of the molecule is FC(F)(F)c1ccn2nc(Cl)ncc12. The van der Waals surface area contributed by atoms with Crippen LogP contribution in [0, 0.1) is 0 Å². The Balaban J connectivity index is 2.70. The summed E-state index contributed by atoms with van der Waals surface area (Å²) in [6, 6.07) is 0.931. The smallest absolute Gasteiger partial charge is 0.236 e. The minimum atomic E-state index is -4.40. The van der Waals surface area contributed by atoms with Crippen LogP contribution in [0.1, 0.15) is 5.56 Å². The topological polar surface area (TPSA) is 30.2 Å². The first-order valence-electron chi connectivity index (χ1n) is 3.55. The molecule has 0 unspecified atom stereocenters. The molecule has 0 saturated heterocycles. The third-order valence-electron chi connectivity index (χ3n) is 1.69. The van der Waals surface area contributed by atoms with Gasteiger partial charge in [-0.05, 0) is 17.7 Å². The van der Waals surface area contributed by atoms with Gasteiger partial charge >= 0.3 is 6.18 Å². The number of alkyl halides is 3. The number of hydrogen-bond donors (Lipinski definition) is 0. The van der Waals surface area contributed by atoms with Crippen LogP contribution >= 0.6 is 11.6 Å². The molecule has 0 aliphatic heterocycles. The Labute approximate surface area is 81.1 Å². The van der Waals surface area contributed by atoms with Crippen LogP contribution in [0.25, 0.3) is 5.52 Å². The van der Waals surface area contributed by atoms with Gasteiger partial charge in [-0.25, -0.2) is 9.50 Å². The van der Waals surface area contributed by atoms with Crippen molar-refractivity contribution in [1.82, 2.24) is 14.6 Å². The fourth-order valence-corrected chi connectivity index (χ4v) is 1.25. The van der Waals surface area contributed by atoms with Gasteiger partial charge in [-0.2, -0.15) is 13.2 Å². The summed E-state index contributed by atoms with van der Waals surface area (Å²) in [5.74, 6) is 0. The number of halogens is 4. The van der Waals surface area contributed by atoms with Crippen LogP contribution in [0.5, 0.6) is 0 Å². The zero-order chi connectivity index (χ0) is 10.3. The first kappa shape index (κ1) is 9.26. The van der Waals surface area contributed by atoms with E-state index in [1.807, 2.05) is 0 Å². The molecule has 2 aromatic rings. The Bertz CT molecular complexity index is 476. The monoisotopic (exact) mass is 221 g/mol.